The van der Waals surface area contributed by atoms with Crippen molar-refractivity contribution in [2.75, 3.05) is 6.61 Å². The number of alkyl halides is 3. The van der Waals surface area contributed by atoms with Gasteiger partial charge in [0.1, 0.15) is 11.6 Å². The fraction of sp³-hybridized carbons (Fsp3) is 0.333. The second-order valence-electron chi connectivity index (χ2n) is 10.3. The Bertz CT molecular complexity index is 1470. The van der Waals surface area contributed by atoms with Gasteiger partial charge in [-0.1, -0.05) is 62.2 Å². The number of fused-ring (bicyclic) bond motifs is 1. The summed E-state index contributed by atoms with van der Waals surface area (Å²) in [5, 5.41) is 1.07. The van der Waals surface area contributed by atoms with Gasteiger partial charge in [-0.3, -0.25) is 0 Å². The number of ether oxygens (including phenoxy) is 1. The lowest BCUT2D eigenvalue weighted by Gasteiger charge is -2.12. The average Bonchev–Trinajstić information content (AvgIpc) is 2.91. The normalized spacial score (nSPS) is 11.8. The second-order valence-corrected chi connectivity index (χ2v) is 10.3. The van der Waals surface area contributed by atoms with Gasteiger partial charge < -0.3 is 4.74 Å². The van der Waals surface area contributed by atoms with Gasteiger partial charge in [0.05, 0.1) is 0 Å². The molecule has 0 saturated heterocycles. The Hall–Kier alpha value is -3.55. The van der Waals surface area contributed by atoms with Crippen LogP contribution < -0.4 is 4.74 Å². The Morgan fingerprint density at radius 2 is 1.22 bits per heavy atom. The fourth-order valence-electron chi connectivity index (χ4n) is 4.87. The van der Waals surface area contributed by atoms with Crippen molar-refractivity contribution < 1.29 is 35.5 Å². The molecule has 0 heterocycles. The first-order valence-corrected chi connectivity index (χ1v) is 13.7. The predicted molar refractivity (Wildman–Crippen MR) is 146 cm³/mol. The van der Waals surface area contributed by atoms with Gasteiger partial charge in [-0.25, -0.2) is 17.6 Å². The number of hydrogen-bond acceptors (Lipinski definition) is 1. The fourth-order valence-corrected chi connectivity index (χ4v) is 4.87. The zero-order chi connectivity index (χ0) is 29.6. The molecule has 41 heavy (non-hydrogen) atoms. The SMILES string of the molecule is CCCCCc1ccc(CCc2ccc3c(F)c(CCc4cc(F)c(OCC(F)(F)F)c(F)c4)ccc3c2)c(F)c1. The Morgan fingerprint density at radius 3 is 1.90 bits per heavy atom. The highest BCUT2D eigenvalue weighted by Crippen LogP contribution is 2.28. The minimum atomic E-state index is -4.73. The highest BCUT2D eigenvalue weighted by molar-refractivity contribution is 5.84. The first kappa shape index (κ1) is 30.4. The smallest absolute Gasteiger partial charge is 0.422 e. The number of aryl methyl sites for hydroxylation is 5. The Balaban J connectivity index is 1.39. The van der Waals surface area contributed by atoms with E-state index in [-0.39, 0.29) is 24.2 Å². The molecule has 1 nitrogen and oxygen atoms in total. The van der Waals surface area contributed by atoms with E-state index in [1.807, 2.05) is 18.2 Å². The summed E-state index contributed by atoms with van der Waals surface area (Å²) in [6, 6.07) is 15.9. The van der Waals surface area contributed by atoms with Gasteiger partial charge in [-0.15, -0.1) is 0 Å². The van der Waals surface area contributed by atoms with Crippen LogP contribution in [0.3, 0.4) is 0 Å². The van der Waals surface area contributed by atoms with Crippen LogP contribution >= 0.6 is 0 Å². The third kappa shape index (κ3) is 8.24. The molecule has 0 aliphatic heterocycles. The van der Waals surface area contributed by atoms with E-state index in [1.165, 1.54) is 0 Å². The van der Waals surface area contributed by atoms with Gasteiger partial charge >= 0.3 is 6.18 Å². The van der Waals surface area contributed by atoms with Crippen molar-refractivity contribution in [1.82, 2.24) is 0 Å². The van der Waals surface area contributed by atoms with Crippen molar-refractivity contribution in [3.05, 3.63) is 112 Å². The van der Waals surface area contributed by atoms with Crippen LogP contribution in [-0.2, 0) is 32.1 Å². The molecule has 0 amide bonds. The third-order valence-electron chi connectivity index (χ3n) is 7.09. The van der Waals surface area contributed by atoms with Crippen molar-refractivity contribution in [3.63, 3.8) is 0 Å². The molecule has 0 bridgehead atoms. The van der Waals surface area contributed by atoms with Gasteiger partial charge in [0.15, 0.2) is 24.0 Å². The maximum absolute atomic E-state index is 15.3. The molecule has 0 aliphatic rings. The van der Waals surface area contributed by atoms with Crippen LogP contribution in [0.5, 0.6) is 5.75 Å². The molecular formula is C33H31F7O. The Morgan fingerprint density at radius 1 is 0.610 bits per heavy atom. The van der Waals surface area contributed by atoms with Crippen molar-refractivity contribution >= 4 is 10.8 Å². The molecule has 0 fully saturated rings. The highest BCUT2D eigenvalue weighted by Gasteiger charge is 2.30. The van der Waals surface area contributed by atoms with Gasteiger partial charge in [0.25, 0.3) is 0 Å². The Labute approximate surface area is 235 Å². The quantitative estimate of drug-likeness (QED) is 0.121. The summed E-state index contributed by atoms with van der Waals surface area (Å²) < 4.78 is 99.4. The van der Waals surface area contributed by atoms with Gasteiger partial charge in [-0.05, 0) is 89.9 Å². The van der Waals surface area contributed by atoms with E-state index in [0.29, 0.717) is 34.7 Å². The molecule has 218 valence electrons. The Kier molecular flexibility index (Phi) is 9.94. The molecule has 0 N–H and O–H groups in total. The molecule has 0 saturated carbocycles. The molecule has 4 aromatic carbocycles. The predicted octanol–water partition coefficient (Wildman–Crippen LogP) is 9.64. The lowest BCUT2D eigenvalue weighted by molar-refractivity contribution is -0.154. The number of halogens is 7. The highest BCUT2D eigenvalue weighted by atomic mass is 19.4. The van der Waals surface area contributed by atoms with Crippen molar-refractivity contribution in [1.29, 1.82) is 0 Å². The lowest BCUT2D eigenvalue weighted by Crippen LogP contribution is -2.20. The summed E-state index contributed by atoms with van der Waals surface area (Å²) in [5.74, 6) is -4.26. The summed E-state index contributed by atoms with van der Waals surface area (Å²) in [7, 11) is 0. The number of unbranched alkanes of at least 4 members (excludes halogenated alkanes) is 2. The van der Waals surface area contributed by atoms with Crippen molar-refractivity contribution in [3.8, 4) is 5.75 Å². The van der Waals surface area contributed by atoms with Crippen LogP contribution in [0, 0.1) is 23.3 Å². The molecule has 0 atom stereocenters. The van der Waals surface area contributed by atoms with Crippen LogP contribution in [0.1, 0.15) is 54.0 Å². The second kappa shape index (κ2) is 13.4. The molecule has 0 spiro atoms. The van der Waals surface area contributed by atoms with Gasteiger partial charge in [0.2, 0.25) is 0 Å². The zero-order valence-corrected chi connectivity index (χ0v) is 22.7. The standard InChI is InChI=1S/C33H31F7O/c1-2-3-4-5-21-6-10-24(28(34)17-21)11-7-22-9-15-27-26(16-22)14-13-25(31(27)37)12-8-23-18-29(35)32(30(36)19-23)41-20-33(38,39)40/h6,9-10,13-19H,2-5,7-8,11-12,20H2,1H3. The van der Waals surface area contributed by atoms with Crippen LogP contribution in [-0.4, -0.2) is 12.8 Å². The molecule has 0 aliphatic carbocycles. The van der Waals surface area contributed by atoms with Crippen molar-refractivity contribution in [2.24, 2.45) is 0 Å². The molecule has 4 rings (SSSR count). The maximum atomic E-state index is 15.3. The summed E-state index contributed by atoms with van der Waals surface area (Å²) in [4.78, 5) is 0. The topological polar surface area (TPSA) is 9.23 Å². The van der Waals surface area contributed by atoms with E-state index in [4.69, 9.17) is 0 Å². The number of hydrogen-bond donors (Lipinski definition) is 0. The molecule has 4 aromatic rings. The van der Waals surface area contributed by atoms with Crippen LogP contribution in [0.2, 0.25) is 0 Å². The summed E-state index contributed by atoms with van der Waals surface area (Å²) in [6.45, 7) is 0.318. The van der Waals surface area contributed by atoms with Crippen LogP contribution in [0.15, 0.2) is 60.7 Å². The van der Waals surface area contributed by atoms with Gasteiger partial charge in [-0.2, -0.15) is 13.2 Å². The number of rotatable bonds is 12. The van der Waals surface area contributed by atoms with E-state index in [0.717, 1.165) is 48.9 Å². The zero-order valence-electron chi connectivity index (χ0n) is 22.7. The van der Waals surface area contributed by atoms with E-state index in [1.54, 1.807) is 30.3 Å². The minimum Gasteiger partial charge on any atom is -0.478 e. The van der Waals surface area contributed by atoms with E-state index in [9.17, 15) is 26.3 Å². The monoisotopic (exact) mass is 576 g/mol. The summed E-state index contributed by atoms with van der Waals surface area (Å²) >= 11 is 0. The van der Waals surface area contributed by atoms with Crippen LogP contribution in [0.4, 0.5) is 30.7 Å². The van der Waals surface area contributed by atoms with E-state index in [2.05, 4.69) is 11.7 Å². The lowest BCUT2D eigenvalue weighted by atomic mass is 9.96. The molecule has 0 unspecified atom stereocenters. The molecule has 0 aromatic heterocycles. The van der Waals surface area contributed by atoms with Crippen LogP contribution in [0.25, 0.3) is 10.8 Å². The minimum absolute atomic E-state index is 0.0663. The third-order valence-corrected chi connectivity index (χ3v) is 7.09. The molecular weight excluding hydrogens is 545 g/mol. The molecule has 8 heteroatoms. The summed E-state index contributed by atoms with van der Waals surface area (Å²) in [5.41, 5.74) is 3.08. The van der Waals surface area contributed by atoms with E-state index >= 15 is 4.39 Å². The largest absolute Gasteiger partial charge is 0.478 e. The maximum Gasteiger partial charge on any atom is 0.422 e. The first-order valence-electron chi connectivity index (χ1n) is 13.7. The first-order chi connectivity index (χ1) is 19.5. The van der Waals surface area contributed by atoms with Gasteiger partial charge in [0, 0.05) is 5.39 Å². The summed E-state index contributed by atoms with van der Waals surface area (Å²) in [6.07, 6.45) is 0.699. The average molecular weight is 577 g/mol. The van der Waals surface area contributed by atoms with E-state index < -0.39 is 36.0 Å². The van der Waals surface area contributed by atoms with Crippen molar-refractivity contribution in [2.45, 2.75) is 64.5 Å². The number of benzene rings is 4. The molecule has 0 radical (unpaired) electrons.